The third kappa shape index (κ3) is 14.8. The summed E-state index contributed by atoms with van der Waals surface area (Å²) in [7, 11) is 0. The van der Waals surface area contributed by atoms with E-state index in [-0.39, 0.29) is 69.0 Å². The summed E-state index contributed by atoms with van der Waals surface area (Å²) >= 11 is 1.57. The fourth-order valence-electron chi connectivity index (χ4n) is 7.87. The molecule has 0 saturated carbocycles. The van der Waals surface area contributed by atoms with Crippen molar-refractivity contribution in [1.82, 2.24) is 56.0 Å². The lowest BCUT2D eigenvalue weighted by atomic mass is 9.85. The van der Waals surface area contributed by atoms with Crippen molar-refractivity contribution in [2.45, 2.75) is 117 Å². The van der Waals surface area contributed by atoms with E-state index in [4.69, 9.17) is 24.8 Å². The summed E-state index contributed by atoms with van der Waals surface area (Å²) in [5.74, 6) is 5.35. The van der Waals surface area contributed by atoms with Gasteiger partial charge in [0, 0.05) is 45.4 Å². The van der Waals surface area contributed by atoms with Crippen molar-refractivity contribution in [2.24, 2.45) is 5.41 Å². The molecule has 5 heterocycles. The zero-order valence-electron chi connectivity index (χ0n) is 41.5. The normalized spacial score (nSPS) is 15.3. The number of aryl methyl sites for hydroxylation is 2. The number of carbonyl (C=O) groups excluding carboxylic acids is 4. The molecular weight excluding hydrogens is 933 g/mol. The molecule has 71 heavy (non-hydrogen) atoms. The van der Waals surface area contributed by atoms with E-state index >= 15 is 0 Å². The Bertz CT molecular complexity index is 2680. The van der Waals surface area contributed by atoms with E-state index in [1.54, 1.807) is 36.9 Å². The summed E-state index contributed by atoms with van der Waals surface area (Å²) in [5, 5.41) is 40.3. The van der Waals surface area contributed by atoms with Crippen molar-refractivity contribution in [2.75, 3.05) is 51.7 Å². The average Bonchev–Trinajstić information content (AvgIpc) is 4.14. The van der Waals surface area contributed by atoms with Crippen LogP contribution in [-0.4, -0.2) is 138 Å². The number of likely N-dealkylation sites (tertiary alicyclic amines) is 1. The summed E-state index contributed by atoms with van der Waals surface area (Å²) < 4.78 is 18.5. The number of amides is 4. The van der Waals surface area contributed by atoms with Crippen LogP contribution in [0.5, 0.6) is 5.75 Å². The molecular formula is C49H66N12O9S. The van der Waals surface area contributed by atoms with Crippen LogP contribution in [0.1, 0.15) is 90.6 Å². The Morgan fingerprint density at radius 1 is 0.986 bits per heavy atom. The number of aromatic nitrogens is 6. The zero-order valence-corrected chi connectivity index (χ0v) is 42.3. The van der Waals surface area contributed by atoms with Crippen molar-refractivity contribution in [3.05, 3.63) is 52.9 Å². The largest absolute Gasteiger partial charge is 0.490 e. The van der Waals surface area contributed by atoms with E-state index in [1.165, 1.54) is 4.90 Å². The molecule has 0 radical (unpaired) electrons. The van der Waals surface area contributed by atoms with Crippen LogP contribution in [0.2, 0.25) is 0 Å². The number of aliphatic hydroxyl groups is 2. The Morgan fingerprint density at radius 3 is 2.42 bits per heavy atom. The van der Waals surface area contributed by atoms with E-state index < -0.39 is 41.0 Å². The van der Waals surface area contributed by atoms with Gasteiger partial charge in [0.1, 0.15) is 34.4 Å². The summed E-state index contributed by atoms with van der Waals surface area (Å²) in [6, 6.07) is 5.98. The molecule has 1 aromatic carbocycles. The number of rotatable bonds is 23. The number of carbonyl (C=O) groups is 4. The maximum Gasteiger partial charge on any atom is 0.246 e. The Labute approximate surface area is 417 Å². The smallest absolute Gasteiger partial charge is 0.246 e. The molecule has 4 aromatic heterocycles. The second-order valence-corrected chi connectivity index (χ2v) is 19.7. The van der Waals surface area contributed by atoms with Gasteiger partial charge in [-0.25, -0.2) is 19.6 Å². The standard InChI is InChI=1S/C49H66N12O9S/c1-8-60-41-36(27-53-34(16-18-49(6,7)67)39(41)57-45(60)40-44(50)59-70-58-40)69-22-10-20-51-19-9-11-37(63)52-21-24-68-23-17-38(64)56-43(48(3,4)5)47(66)61-28-33(62)25-35(61)46(65)54-26-31-12-14-32(15-13-31)42-30(2)55-29-71-42/h12-15,27,29,33,35,43,51,62,67H,8-11,17,19-26,28H2,1-7H3,(H2,50,59)(H,52,63)(H,54,65)(H,56,64). The number of nitrogens with one attached hydrogen (secondary N) is 4. The second kappa shape index (κ2) is 24.6. The van der Waals surface area contributed by atoms with E-state index in [0.717, 1.165) is 21.7 Å². The highest BCUT2D eigenvalue weighted by Gasteiger charge is 2.44. The molecule has 5 aromatic rings. The molecule has 22 heteroatoms. The number of benzene rings is 1. The zero-order chi connectivity index (χ0) is 51.3. The minimum absolute atomic E-state index is 0.0210. The van der Waals surface area contributed by atoms with Crippen molar-refractivity contribution in [3.8, 4) is 39.5 Å². The first-order valence-corrected chi connectivity index (χ1v) is 24.7. The monoisotopic (exact) mass is 998 g/mol. The number of ether oxygens (including phenoxy) is 2. The molecule has 382 valence electrons. The molecule has 1 saturated heterocycles. The number of thiazole rings is 1. The van der Waals surface area contributed by atoms with Crippen molar-refractivity contribution >= 4 is 51.8 Å². The third-order valence-electron chi connectivity index (χ3n) is 11.5. The Kier molecular flexibility index (Phi) is 18.6. The summed E-state index contributed by atoms with van der Waals surface area (Å²) in [5.41, 5.74) is 10.5. The minimum atomic E-state index is -1.24. The minimum Gasteiger partial charge on any atom is -0.490 e. The lowest BCUT2D eigenvalue weighted by molar-refractivity contribution is -0.144. The number of nitrogens with two attached hydrogens (primary N) is 1. The van der Waals surface area contributed by atoms with Crippen LogP contribution >= 0.6 is 11.3 Å². The van der Waals surface area contributed by atoms with Gasteiger partial charge in [0.2, 0.25) is 23.6 Å². The van der Waals surface area contributed by atoms with Gasteiger partial charge in [-0.15, -0.1) is 11.3 Å². The van der Waals surface area contributed by atoms with Gasteiger partial charge in [-0.2, -0.15) is 0 Å². The molecule has 1 aliphatic rings. The molecule has 6 rings (SSSR count). The van der Waals surface area contributed by atoms with Gasteiger partial charge >= 0.3 is 0 Å². The fourth-order valence-corrected chi connectivity index (χ4v) is 8.68. The lowest BCUT2D eigenvalue weighted by Crippen LogP contribution is -2.57. The van der Waals surface area contributed by atoms with Crippen LogP contribution < -0.4 is 31.7 Å². The highest BCUT2D eigenvalue weighted by Crippen LogP contribution is 2.34. The average molecular weight is 999 g/mol. The maximum absolute atomic E-state index is 14.0. The van der Waals surface area contributed by atoms with Crippen LogP contribution in [0, 0.1) is 24.2 Å². The number of β-amino-alcohol motifs (C(OH)–C–C–N with tert-alkyl or cyclic N) is 1. The van der Waals surface area contributed by atoms with Gasteiger partial charge in [0.15, 0.2) is 23.1 Å². The lowest BCUT2D eigenvalue weighted by Gasteiger charge is -2.35. The second-order valence-electron chi connectivity index (χ2n) is 18.9. The van der Waals surface area contributed by atoms with Gasteiger partial charge in [0.05, 0.1) is 48.2 Å². The van der Waals surface area contributed by atoms with E-state index in [9.17, 15) is 29.4 Å². The van der Waals surface area contributed by atoms with Crippen molar-refractivity contribution in [3.63, 3.8) is 0 Å². The predicted molar refractivity (Wildman–Crippen MR) is 266 cm³/mol. The van der Waals surface area contributed by atoms with E-state index in [2.05, 4.69) is 53.4 Å². The number of anilines is 1. The van der Waals surface area contributed by atoms with Crippen molar-refractivity contribution in [1.29, 1.82) is 0 Å². The van der Waals surface area contributed by atoms with Gasteiger partial charge in [0.25, 0.3) is 0 Å². The quantitative estimate of drug-likeness (QED) is 0.0366. The number of aliphatic hydroxyl groups excluding tert-OH is 1. The molecule has 0 aliphatic carbocycles. The number of nitrogen functional groups attached to an aromatic ring is 1. The molecule has 8 N–H and O–H groups in total. The number of hydrogen-bond acceptors (Lipinski definition) is 17. The number of fused-ring (bicyclic) bond motifs is 1. The first-order chi connectivity index (χ1) is 33.8. The molecule has 3 unspecified atom stereocenters. The maximum atomic E-state index is 14.0. The van der Waals surface area contributed by atoms with Crippen LogP contribution in [0.25, 0.3) is 33.0 Å². The third-order valence-corrected chi connectivity index (χ3v) is 12.5. The summed E-state index contributed by atoms with van der Waals surface area (Å²) in [6.45, 7) is 15.4. The molecule has 4 amide bonds. The van der Waals surface area contributed by atoms with Crippen LogP contribution in [-0.2, 0) is 37.0 Å². The highest BCUT2D eigenvalue weighted by molar-refractivity contribution is 7.13. The molecule has 0 spiro atoms. The Morgan fingerprint density at radius 2 is 1.75 bits per heavy atom. The first kappa shape index (κ1) is 53.8. The fraction of sp³-hybridized carbons (Fsp3) is 0.531. The number of hydrogen-bond donors (Lipinski definition) is 7. The molecule has 3 atom stereocenters. The molecule has 1 aliphatic heterocycles. The highest BCUT2D eigenvalue weighted by atomic mass is 32.1. The van der Waals surface area contributed by atoms with Crippen LogP contribution in [0.4, 0.5) is 5.82 Å². The van der Waals surface area contributed by atoms with E-state index in [0.29, 0.717) is 73.8 Å². The molecule has 21 nitrogen and oxygen atoms in total. The van der Waals surface area contributed by atoms with Gasteiger partial charge in [-0.3, -0.25) is 19.2 Å². The topological polar surface area (TPSA) is 287 Å². The van der Waals surface area contributed by atoms with Crippen molar-refractivity contribution < 1.29 is 43.5 Å². The summed E-state index contributed by atoms with van der Waals surface area (Å²) in [4.78, 5) is 68.9. The summed E-state index contributed by atoms with van der Waals surface area (Å²) in [6.07, 6.45) is 2.36. The Balaban J connectivity index is 0.857. The SMILES string of the molecule is CCn1c(-c2nonc2N)nc2c(C#CC(C)(C)O)ncc(OCCCNCCCC(=O)NCCOCCC(=O)NC(C(=O)N3CC(O)CC3C(=O)NCc3ccc(-c4scnc4C)cc3)C(C)(C)C)c21. The van der Waals surface area contributed by atoms with Gasteiger partial charge in [-0.05, 0) is 86.4 Å². The first-order valence-electron chi connectivity index (χ1n) is 23.8. The van der Waals surface area contributed by atoms with Crippen LogP contribution in [0.15, 0.2) is 40.6 Å². The predicted octanol–water partition coefficient (Wildman–Crippen LogP) is 3.11. The molecule has 0 bridgehead atoms. The van der Waals surface area contributed by atoms with Gasteiger partial charge in [-0.1, -0.05) is 51.0 Å². The van der Waals surface area contributed by atoms with Gasteiger partial charge < -0.3 is 56.2 Å². The van der Waals surface area contributed by atoms with Crippen LogP contribution in [0.3, 0.4) is 0 Å². The molecule has 1 fully saturated rings. The number of imidazole rings is 1. The van der Waals surface area contributed by atoms with E-state index in [1.807, 2.05) is 63.5 Å². The number of pyridine rings is 1. The number of nitrogens with zero attached hydrogens (tertiary/aromatic N) is 7. The Hall–Kier alpha value is -6.51.